The summed E-state index contributed by atoms with van der Waals surface area (Å²) in [6.45, 7) is 7.57. The number of nitrogens with one attached hydrogen (secondary N) is 1. The van der Waals surface area contributed by atoms with Crippen LogP contribution in [0.5, 0.6) is 11.5 Å². The van der Waals surface area contributed by atoms with E-state index in [1.165, 1.54) is 19.3 Å². The molecule has 1 unspecified atom stereocenters. The van der Waals surface area contributed by atoms with Gasteiger partial charge in [-0.05, 0) is 31.9 Å². The van der Waals surface area contributed by atoms with Crippen molar-refractivity contribution in [3.05, 3.63) is 23.8 Å². The van der Waals surface area contributed by atoms with Gasteiger partial charge in [0.25, 0.3) is 0 Å². The number of unbranched alkanes of at least 4 members (excludes halogenated alkanes) is 1. The average Bonchev–Trinajstić information content (AvgIpc) is 2.37. The molecule has 0 aliphatic carbocycles. The first kappa shape index (κ1) is 15.8. The maximum Gasteiger partial charge on any atom is 0.124 e. The zero-order valence-electron chi connectivity index (χ0n) is 12.6. The standard InChI is InChI=1S/C16H27NO2/c1-12(2)7-5-6-10-17-13(3)15-9-8-14(19-4)11-16(15)18/h8-9,11-13,17-18H,5-7,10H2,1-4H3. The van der Waals surface area contributed by atoms with E-state index in [4.69, 9.17) is 4.74 Å². The molecule has 0 aliphatic rings. The minimum Gasteiger partial charge on any atom is -0.507 e. The van der Waals surface area contributed by atoms with E-state index in [-0.39, 0.29) is 6.04 Å². The fourth-order valence-electron chi connectivity index (χ4n) is 2.12. The van der Waals surface area contributed by atoms with Crippen LogP contribution >= 0.6 is 0 Å². The van der Waals surface area contributed by atoms with E-state index in [9.17, 15) is 5.11 Å². The van der Waals surface area contributed by atoms with Gasteiger partial charge in [-0.25, -0.2) is 0 Å². The van der Waals surface area contributed by atoms with Crippen LogP contribution in [0.3, 0.4) is 0 Å². The molecular formula is C16H27NO2. The molecule has 0 saturated carbocycles. The Morgan fingerprint density at radius 2 is 1.95 bits per heavy atom. The Kier molecular flexibility index (Phi) is 6.71. The van der Waals surface area contributed by atoms with E-state index >= 15 is 0 Å². The first-order valence-corrected chi connectivity index (χ1v) is 7.15. The highest BCUT2D eigenvalue weighted by Crippen LogP contribution is 2.28. The number of ether oxygens (including phenoxy) is 1. The Bertz CT molecular complexity index is 377. The summed E-state index contributed by atoms with van der Waals surface area (Å²) in [7, 11) is 1.60. The lowest BCUT2D eigenvalue weighted by molar-refractivity contribution is 0.403. The lowest BCUT2D eigenvalue weighted by Gasteiger charge is -2.16. The van der Waals surface area contributed by atoms with Crippen molar-refractivity contribution >= 4 is 0 Å². The summed E-state index contributed by atoms with van der Waals surface area (Å²) < 4.78 is 5.08. The third-order valence-corrected chi connectivity index (χ3v) is 3.36. The highest BCUT2D eigenvalue weighted by Gasteiger charge is 2.10. The molecule has 0 aliphatic heterocycles. The highest BCUT2D eigenvalue weighted by atomic mass is 16.5. The van der Waals surface area contributed by atoms with Gasteiger partial charge in [-0.2, -0.15) is 0 Å². The number of aromatic hydroxyl groups is 1. The first-order valence-electron chi connectivity index (χ1n) is 7.15. The van der Waals surface area contributed by atoms with Crippen LogP contribution in [0.2, 0.25) is 0 Å². The quantitative estimate of drug-likeness (QED) is 0.701. The Balaban J connectivity index is 2.39. The average molecular weight is 265 g/mol. The van der Waals surface area contributed by atoms with Crippen LogP contribution in [-0.2, 0) is 0 Å². The molecule has 0 fully saturated rings. The van der Waals surface area contributed by atoms with Crippen molar-refractivity contribution < 1.29 is 9.84 Å². The molecule has 1 aromatic rings. The maximum absolute atomic E-state index is 9.95. The molecule has 2 N–H and O–H groups in total. The summed E-state index contributed by atoms with van der Waals surface area (Å²) in [5.74, 6) is 1.76. The Morgan fingerprint density at radius 3 is 2.53 bits per heavy atom. The molecule has 0 saturated heterocycles. The van der Waals surface area contributed by atoms with Crippen molar-refractivity contribution in [1.29, 1.82) is 0 Å². The minimum atomic E-state index is 0.157. The van der Waals surface area contributed by atoms with Gasteiger partial charge >= 0.3 is 0 Å². The Labute approximate surface area is 117 Å². The van der Waals surface area contributed by atoms with Crippen LogP contribution in [-0.4, -0.2) is 18.8 Å². The second-order valence-electron chi connectivity index (χ2n) is 5.49. The van der Waals surface area contributed by atoms with Crippen molar-refractivity contribution in [3.8, 4) is 11.5 Å². The monoisotopic (exact) mass is 265 g/mol. The fraction of sp³-hybridized carbons (Fsp3) is 0.625. The maximum atomic E-state index is 9.95. The third-order valence-electron chi connectivity index (χ3n) is 3.36. The van der Waals surface area contributed by atoms with Crippen molar-refractivity contribution in [2.24, 2.45) is 5.92 Å². The molecule has 0 radical (unpaired) electrons. The minimum absolute atomic E-state index is 0.157. The van der Waals surface area contributed by atoms with Crippen LogP contribution < -0.4 is 10.1 Å². The van der Waals surface area contributed by atoms with Crippen LogP contribution in [0.1, 0.15) is 51.6 Å². The zero-order chi connectivity index (χ0) is 14.3. The van der Waals surface area contributed by atoms with Gasteiger partial charge in [0.1, 0.15) is 11.5 Å². The molecule has 0 spiro atoms. The molecule has 1 aromatic carbocycles. The summed E-state index contributed by atoms with van der Waals surface area (Å²) >= 11 is 0. The summed E-state index contributed by atoms with van der Waals surface area (Å²) in [6, 6.07) is 5.61. The van der Waals surface area contributed by atoms with Gasteiger partial charge in [-0.3, -0.25) is 0 Å². The molecule has 3 nitrogen and oxygen atoms in total. The number of phenolic OH excluding ortho intramolecular Hbond substituents is 1. The number of hydrogen-bond donors (Lipinski definition) is 2. The lowest BCUT2D eigenvalue weighted by atomic mass is 10.1. The van der Waals surface area contributed by atoms with E-state index in [0.717, 1.165) is 18.0 Å². The van der Waals surface area contributed by atoms with Crippen molar-refractivity contribution in [1.82, 2.24) is 5.32 Å². The zero-order valence-corrected chi connectivity index (χ0v) is 12.6. The summed E-state index contributed by atoms with van der Waals surface area (Å²) in [5, 5.41) is 13.4. The van der Waals surface area contributed by atoms with Crippen molar-refractivity contribution in [2.45, 2.75) is 46.1 Å². The van der Waals surface area contributed by atoms with Gasteiger partial charge in [0.2, 0.25) is 0 Å². The van der Waals surface area contributed by atoms with Gasteiger partial charge in [0.15, 0.2) is 0 Å². The molecule has 19 heavy (non-hydrogen) atoms. The van der Waals surface area contributed by atoms with Crippen LogP contribution in [0, 0.1) is 5.92 Å². The fourth-order valence-corrected chi connectivity index (χ4v) is 2.12. The van der Waals surface area contributed by atoms with E-state index in [0.29, 0.717) is 11.5 Å². The van der Waals surface area contributed by atoms with Gasteiger partial charge in [-0.1, -0.05) is 32.8 Å². The molecular weight excluding hydrogens is 238 g/mol. The number of rotatable bonds is 8. The highest BCUT2D eigenvalue weighted by molar-refractivity contribution is 5.41. The molecule has 3 heteroatoms. The second-order valence-corrected chi connectivity index (χ2v) is 5.49. The second kappa shape index (κ2) is 8.05. The van der Waals surface area contributed by atoms with E-state index in [1.54, 1.807) is 13.2 Å². The molecule has 0 bridgehead atoms. The largest absolute Gasteiger partial charge is 0.507 e. The SMILES string of the molecule is COc1ccc(C(C)NCCCCC(C)C)c(O)c1. The molecule has 0 aromatic heterocycles. The molecule has 0 heterocycles. The van der Waals surface area contributed by atoms with Crippen molar-refractivity contribution in [2.75, 3.05) is 13.7 Å². The molecule has 0 amide bonds. The first-order chi connectivity index (χ1) is 9.04. The normalized spacial score (nSPS) is 12.7. The van der Waals surface area contributed by atoms with Gasteiger partial charge in [-0.15, -0.1) is 0 Å². The van der Waals surface area contributed by atoms with Crippen molar-refractivity contribution in [3.63, 3.8) is 0 Å². The smallest absolute Gasteiger partial charge is 0.124 e. The molecule has 1 rings (SSSR count). The van der Waals surface area contributed by atoms with Crippen LogP contribution in [0.25, 0.3) is 0 Å². The number of benzene rings is 1. The predicted molar refractivity (Wildman–Crippen MR) is 79.8 cm³/mol. The summed E-state index contributed by atoms with van der Waals surface area (Å²) in [4.78, 5) is 0. The Morgan fingerprint density at radius 1 is 1.21 bits per heavy atom. The molecule has 108 valence electrons. The predicted octanol–water partition coefficient (Wildman–Crippen LogP) is 3.88. The van der Waals surface area contributed by atoms with Gasteiger partial charge in [0, 0.05) is 17.7 Å². The summed E-state index contributed by atoms with van der Waals surface area (Å²) in [5.41, 5.74) is 0.921. The number of methoxy groups -OCH3 is 1. The topological polar surface area (TPSA) is 41.5 Å². The molecule has 1 atom stereocenters. The van der Waals surface area contributed by atoms with E-state index < -0.39 is 0 Å². The van der Waals surface area contributed by atoms with Crippen LogP contribution in [0.15, 0.2) is 18.2 Å². The van der Waals surface area contributed by atoms with E-state index in [1.807, 2.05) is 12.1 Å². The van der Waals surface area contributed by atoms with Crippen LogP contribution in [0.4, 0.5) is 0 Å². The van der Waals surface area contributed by atoms with Gasteiger partial charge < -0.3 is 15.2 Å². The lowest BCUT2D eigenvalue weighted by Crippen LogP contribution is -2.20. The van der Waals surface area contributed by atoms with E-state index in [2.05, 4.69) is 26.1 Å². The van der Waals surface area contributed by atoms with Gasteiger partial charge in [0.05, 0.1) is 7.11 Å². The number of phenols is 1. The third kappa shape index (κ3) is 5.52. The summed E-state index contributed by atoms with van der Waals surface area (Å²) in [6.07, 6.45) is 3.72. The Hall–Kier alpha value is -1.22. The number of hydrogen-bond acceptors (Lipinski definition) is 3.